The molecule has 1 aliphatic rings. The molecule has 2 aromatic rings. The van der Waals surface area contributed by atoms with Crippen molar-refractivity contribution >= 4 is 28.0 Å². The number of carboxylic acids is 1. The van der Waals surface area contributed by atoms with Gasteiger partial charge in [0.2, 0.25) is 0 Å². The minimum atomic E-state index is -4.49. The Labute approximate surface area is 223 Å². The van der Waals surface area contributed by atoms with Crippen LogP contribution >= 0.6 is 0 Å². The number of ether oxygens (including phenoxy) is 1. The number of hydrogen-bond acceptors (Lipinski definition) is 8. The number of carboxylic acid groups (broad SMARTS) is 1. The standard InChI is InChI=1S/C26H34N4O7S/c1-18-5-11-22(12-6-18)38(35,36)30(24(31)19(2)27-3)23(25(32)33)17-20-7-9-21(10-8-20)37-26(34)29-15-13-28(4)14-16-29/h5-12,19,23,27H,13-17H2,1-4H3,(H,32,33)/t19-,23-/m0/s1. The monoisotopic (exact) mass is 546 g/mol. The van der Waals surface area contributed by atoms with Gasteiger partial charge in [-0.3, -0.25) is 4.79 Å². The number of amides is 2. The summed E-state index contributed by atoms with van der Waals surface area (Å²) in [6.45, 7) is 5.85. The summed E-state index contributed by atoms with van der Waals surface area (Å²) in [6.07, 6.45) is -0.758. The van der Waals surface area contributed by atoms with Gasteiger partial charge in [0.15, 0.2) is 0 Å². The molecule has 11 nitrogen and oxygen atoms in total. The summed E-state index contributed by atoms with van der Waals surface area (Å²) in [5.74, 6) is -2.09. The molecule has 2 amide bonds. The Hall–Kier alpha value is -3.48. The molecule has 1 fully saturated rings. The van der Waals surface area contributed by atoms with Crippen molar-refractivity contribution in [3.8, 4) is 5.75 Å². The van der Waals surface area contributed by atoms with Gasteiger partial charge in [-0.1, -0.05) is 29.8 Å². The van der Waals surface area contributed by atoms with E-state index in [2.05, 4.69) is 10.2 Å². The molecule has 3 rings (SSSR count). The number of carbonyl (C=O) groups is 3. The fourth-order valence-electron chi connectivity index (χ4n) is 3.92. The maximum atomic E-state index is 13.5. The third kappa shape index (κ3) is 6.88. The van der Waals surface area contributed by atoms with Crippen molar-refractivity contribution in [3.05, 3.63) is 59.7 Å². The molecule has 2 aromatic carbocycles. The van der Waals surface area contributed by atoms with E-state index >= 15 is 0 Å². The van der Waals surface area contributed by atoms with Gasteiger partial charge in [0.25, 0.3) is 15.9 Å². The molecular weight excluding hydrogens is 512 g/mol. The summed E-state index contributed by atoms with van der Waals surface area (Å²) in [5.41, 5.74) is 1.26. The molecule has 0 saturated carbocycles. The van der Waals surface area contributed by atoms with Gasteiger partial charge in [-0.25, -0.2) is 22.3 Å². The predicted molar refractivity (Wildman–Crippen MR) is 140 cm³/mol. The van der Waals surface area contributed by atoms with Crippen LogP contribution in [0.4, 0.5) is 4.79 Å². The highest BCUT2D eigenvalue weighted by Gasteiger charge is 2.41. The summed E-state index contributed by atoms with van der Waals surface area (Å²) >= 11 is 0. The van der Waals surface area contributed by atoms with Gasteiger partial charge in [0.1, 0.15) is 11.8 Å². The Bertz CT molecular complexity index is 1240. The van der Waals surface area contributed by atoms with Gasteiger partial charge in [0.05, 0.1) is 10.9 Å². The fraction of sp³-hybridized carbons (Fsp3) is 0.423. The van der Waals surface area contributed by atoms with Crippen LogP contribution < -0.4 is 10.1 Å². The van der Waals surface area contributed by atoms with Crippen LogP contribution in [0.25, 0.3) is 0 Å². The van der Waals surface area contributed by atoms with Gasteiger partial charge in [0, 0.05) is 32.6 Å². The maximum Gasteiger partial charge on any atom is 0.415 e. The SMILES string of the molecule is CN[C@@H](C)C(=O)N([C@@H](Cc1ccc(OC(=O)N2CCN(C)CC2)cc1)C(=O)O)S(=O)(=O)c1ccc(C)cc1. The zero-order valence-corrected chi connectivity index (χ0v) is 22.8. The zero-order valence-electron chi connectivity index (χ0n) is 22.0. The summed E-state index contributed by atoms with van der Waals surface area (Å²) in [5, 5.41) is 12.7. The molecule has 0 spiro atoms. The van der Waals surface area contributed by atoms with E-state index in [-0.39, 0.29) is 17.1 Å². The second kappa shape index (κ2) is 12.4. The Morgan fingerprint density at radius 2 is 1.61 bits per heavy atom. The average Bonchev–Trinajstić information content (AvgIpc) is 2.89. The van der Waals surface area contributed by atoms with E-state index in [4.69, 9.17) is 4.74 Å². The zero-order chi connectivity index (χ0) is 28.0. The predicted octanol–water partition coefficient (Wildman–Crippen LogP) is 1.56. The Morgan fingerprint density at radius 3 is 2.13 bits per heavy atom. The molecule has 1 saturated heterocycles. The summed E-state index contributed by atoms with van der Waals surface area (Å²) in [7, 11) is -1.03. The van der Waals surface area contributed by atoms with E-state index in [1.165, 1.54) is 38.2 Å². The first-order chi connectivity index (χ1) is 17.9. The average molecular weight is 547 g/mol. The lowest BCUT2D eigenvalue weighted by Crippen LogP contribution is -2.54. The van der Waals surface area contributed by atoms with Gasteiger partial charge in [-0.15, -0.1) is 0 Å². The summed E-state index contributed by atoms with van der Waals surface area (Å²) < 4.78 is 33.0. The van der Waals surface area contributed by atoms with Crippen LogP contribution in [0, 0.1) is 6.92 Å². The highest BCUT2D eigenvalue weighted by Crippen LogP contribution is 2.24. The van der Waals surface area contributed by atoms with Crippen LogP contribution in [-0.2, 0) is 26.0 Å². The highest BCUT2D eigenvalue weighted by atomic mass is 32.2. The van der Waals surface area contributed by atoms with Crippen molar-refractivity contribution in [2.45, 2.75) is 37.2 Å². The van der Waals surface area contributed by atoms with Crippen LogP contribution in [0.5, 0.6) is 5.75 Å². The summed E-state index contributed by atoms with van der Waals surface area (Å²) in [4.78, 5) is 41.5. The van der Waals surface area contributed by atoms with E-state index in [0.29, 0.717) is 23.0 Å². The molecule has 2 N–H and O–H groups in total. The number of hydrogen-bond donors (Lipinski definition) is 2. The number of carbonyl (C=O) groups excluding carboxylic acids is 2. The molecule has 0 aromatic heterocycles. The molecule has 38 heavy (non-hydrogen) atoms. The largest absolute Gasteiger partial charge is 0.480 e. The molecule has 1 heterocycles. The van der Waals surface area contributed by atoms with E-state index in [0.717, 1.165) is 18.7 Å². The third-order valence-corrected chi connectivity index (χ3v) is 8.31. The molecule has 0 radical (unpaired) electrons. The van der Waals surface area contributed by atoms with Crippen molar-refractivity contribution in [3.63, 3.8) is 0 Å². The van der Waals surface area contributed by atoms with Gasteiger partial charge < -0.3 is 25.0 Å². The van der Waals surface area contributed by atoms with Gasteiger partial charge >= 0.3 is 12.1 Å². The van der Waals surface area contributed by atoms with Crippen molar-refractivity contribution in [2.24, 2.45) is 0 Å². The molecular formula is C26H34N4O7S. The number of piperazine rings is 1. The Morgan fingerprint density at radius 1 is 1.03 bits per heavy atom. The first-order valence-corrected chi connectivity index (χ1v) is 13.7. The second-order valence-electron chi connectivity index (χ2n) is 9.32. The maximum absolute atomic E-state index is 13.5. The lowest BCUT2D eigenvalue weighted by molar-refractivity contribution is -0.146. The second-order valence-corrected chi connectivity index (χ2v) is 11.1. The lowest BCUT2D eigenvalue weighted by atomic mass is 10.1. The number of aliphatic carboxylic acids is 1. The minimum absolute atomic E-state index is 0.183. The van der Waals surface area contributed by atoms with Crippen LogP contribution in [0.15, 0.2) is 53.4 Å². The number of nitrogens with zero attached hydrogens (tertiary/aromatic N) is 3. The number of nitrogens with one attached hydrogen (secondary N) is 1. The van der Waals surface area contributed by atoms with E-state index in [1.807, 2.05) is 7.05 Å². The normalized spacial score (nSPS) is 15.9. The van der Waals surface area contributed by atoms with Gasteiger partial charge in [-0.05, 0) is 57.8 Å². The Balaban J connectivity index is 1.84. The van der Waals surface area contributed by atoms with Crippen LogP contribution in [0.1, 0.15) is 18.1 Å². The van der Waals surface area contributed by atoms with Gasteiger partial charge in [-0.2, -0.15) is 0 Å². The van der Waals surface area contributed by atoms with Crippen molar-refractivity contribution in [1.29, 1.82) is 0 Å². The molecule has 0 aliphatic carbocycles. The highest BCUT2D eigenvalue weighted by molar-refractivity contribution is 7.89. The minimum Gasteiger partial charge on any atom is -0.480 e. The smallest absolute Gasteiger partial charge is 0.415 e. The fourth-order valence-corrected chi connectivity index (χ4v) is 5.52. The molecule has 0 bridgehead atoms. The Kier molecular flexibility index (Phi) is 9.47. The lowest BCUT2D eigenvalue weighted by Gasteiger charge is -2.31. The van der Waals surface area contributed by atoms with E-state index in [1.54, 1.807) is 36.1 Å². The molecule has 12 heteroatoms. The molecule has 2 atom stereocenters. The number of sulfonamides is 1. The quantitative estimate of drug-likeness (QED) is 0.480. The van der Waals surface area contributed by atoms with Crippen molar-refractivity contribution < 1.29 is 32.6 Å². The third-order valence-electron chi connectivity index (χ3n) is 6.49. The molecule has 206 valence electrons. The van der Waals surface area contributed by atoms with Crippen LogP contribution in [-0.4, -0.2) is 98.0 Å². The topological polar surface area (TPSA) is 137 Å². The number of benzene rings is 2. The van der Waals surface area contributed by atoms with Crippen LogP contribution in [0.3, 0.4) is 0 Å². The first kappa shape index (κ1) is 29.1. The summed E-state index contributed by atoms with van der Waals surface area (Å²) in [6, 6.07) is 9.31. The number of aryl methyl sites for hydroxylation is 1. The number of rotatable bonds is 9. The van der Waals surface area contributed by atoms with Crippen LogP contribution in [0.2, 0.25) is 0 Å². The van der Waals surface area contributed by atoms with Crippen molar-refractivity contribution in [2.75, 3.05) is 40.3 Å². The first-order valence-electron chi connectivity index (χ1n) is 12.2. The molecule has 0 unspecified atom stereocenters. The molecule has 1 aliphatic heterocycles. The van der Waals surface area contributed by atoms with Crippen molar-refractivity contribution in [1.82, 2.24) is 19.4 Å². The van der Waals surface area contributed by atoms with E-state index < -0.39 is 40.1 Å². The number of likely N-dealkylation sites (N-methyl/N-ethyl adjacent to an activating group) is 2. The van der Waals surface area contributed by atoms with E-state index in [9.17, 15) is 27.9 Å².